The molecule has 4 heteroatoms. The van der Waals surface area contributed by atoms with Crippen molar-refractivity contribution >= 4 is 11.8 Å². The topological polar surface area (TPSA) is 52.6 Å². The number of rotatable bonds is 4. The predicted octanol–water partition coefficient (Wildman–Crippen LogP) is 1.70. The molecule has 0 amide bonds. The summed E-state index contributed by atoms with van der Waals surface area (Å²) in [6, 6.07) is 0. The summed E-state index contributed by atoms with van der Waals surface area (Å²) in [5.41, 5.74) is -0.524. The van der Waals surface area contributed by atoms with Gasteiger partial charge in [-0.3, -0.25) is 4.79 Å². The molecule has 0 aliphatic carbocycles. The Morgan fingerprint density at radius 2 is 2.00 bits per heavy atom. The fourth-order valence-electron chi connectivity index (χ4n) is 1.35. The number of esters is 1. The second-order valence-electron chi connectivity index (χ2n) is 4.78. The molecule has 0 atom stereocenters. The molecular weight excluding hydrogens is 208 g/mol. The monoisotopic (exact) mass is 226 g/mol. The van der Waals surface area contributed by atoms with E-state index in [1.54, 1.807) is 0 Å². The molecule has 0 saturated carbocycles. The van der Waals surface area contributed by atoms with Gasteiger partial charge in [0.2, 0.25) is 0 Å². The highest BCUT2D eigenvalue weighted by molar-refractivity contribution is 6.20. The van der Waals surface area contributed by atoms with E-state index in [4.69, 9.17) is 9.47 Å². The van der Waals surface area contributed by atoms with Gasteiger partial charge < -0.3 is 9.47 Å². The Hall–Kier alpha value is -1.32. The zero-order valence-electron chi connectivity index (χ0n) is 10.4. The SMILES string of the molecule is COC1=C(C(=O)C(C)(C)C(C)C)C(=O)OC1. The van der Waals surface area contributed by atoms with Gasteiger partial charge in [0.05, 0.1) is 7.11 Å². The van der Waals surface area contributed by atoms with Gasteiger partial charge in [0, 0.05) is 5.41 Å². The Kier molecular flexibility index (Phi) is 3.41. The second-order valence-corrected chi connectivity index (χ2v) is 4.78. The van der Waals surface area contributed by atoms with Crippen LogP contribution < -0.4 is 0 Å². The zero-order valence-corrected chi connectivity index (χ0v) is 10.4. The van der Waals surface area contributed by atoms with E-state index >= 15 is 0 Å². The third-order valence-corrected chi connectivity index (χ3v) is 3.32. The predicted molar refractivity (Wildman–Crippen MR) is 58.6 cm³/mol. The zero-order chi connectivity index (χ0) is 12.5. The van der Waals surface area contributed by atoms with Crippen molar-refractivity contribution in [2.45, 2.75) is 27.7 Å². The van der Waals surface area contributed by atoms with Crippen LogP contribution in [0.2, 0.25) is 0 Å². The molecule has 1 aliphatic rings. The van der Waals surface area contributed by atoms with Crippen LogP contribution in [0.3, 0.4) is 0 Å². The van der Waals surface area contributed by atoms with Crippen molar-refractivity contribution in [1.29, 1.82) is 0 Å². The molecule has 0 aromatic rings. The number of ketones is 1. The molecule has 0 radical (unpaired) electrons. The maximum atomic E-state index is 12.2. The van der Waals surface area contributed by atoms with Gasteiger partial charge in [-0.1, -0.05) is 27.7 Å². The lowest BCUT2D eigenvalue weighted by molar-refractivity contribution is -0.139. The molecule has 0 unspecified atom stereocenters. The Balaban J connectivity index is 3.10. The van der Waals surface area contributed by atoms with Crippen LogP contribution in [0.5, 0.6) is 0 Å². The molecule has 0 aromatic heterocycles. The minimum Gasteiger partial charge on any atom is -0.496 e. The van der Waals surface area contributed by atoms with E-state index in [0.29, 0.717) is 5.76 Å². The van der Waals surface area contributed by atoms with E-state index in [1.165, 1.54) is 7.11 Å². The summed E-state index contributed by atoms with van der Waals surface area (Å²) in [5, 5.41) is 0. The Bertz CT molecular complexity index is 350. The number of Topliss-reactive ketones (excluding diaryl/α,β-unsaturated/α-hetero) is 1. The average Bonchev–Trinajstić information content (AvgIpc) is 2.57. The van der Waals surface area contributed by atoms with Crippen molar-refractivity contribution < 1.29 is 19.1 Å². The first-order valence-corrected chi connectivity index (χ1v) is 5.31. The number of cyclic esters (lactones) is 1. The quantitative estimate of drug-likeness (QED) is 0.540. The molecule has 0 N–H and O–H groups in total. The number of hydrogen-bond donors (Lipinski definition) is 0. The maximum absolute atomic E-state index is 12.2. The highest BCUT2D eigenvalue weighted by Gasteiger charge is 2.41. The van der Waals surface area contributed by atoms with Gasteiger partial charge in [-0.15, -0.1) is 0 Å². The molecule has 0 bridgehead atoms. The lowest BCUT2D eigenvalue weighted by atomic mass is 9.75. The van der Waals surface area contributed by atoms with Gasteiger partial charge >= 0.3 is 5.97 Å². The van der Waals surface area contributed by atoms with Crippen LogP contribution in [-0.2, 0) is 19.1 Å². The van der Waals surface area contributed by atoms with Crippen LogP contribution in [-0.4, -0.2) is 25.5 Å². The molecule has 1 rings (SSSR count). The van der Waals surface area contributed by atoms with Gasteiger partial charge in [0.15, 0.2) is 11.5 Å². The Labute approximate surface area is 95.6 Å². The first-order chi connectivity index (χ1) is 7.32. The van der Waals surface area contributed by atoms with E-state index in [-0.39, 0.29) is 23.9 Å². The fraction of sp³-hybridized carbons (Fsp3) is 0.667. The molecule has 1 aliphatic heterocycles. The van der Waals surface area contributed by atoms with Crippen LogP contribution >= 0.6 is 0 Å². The minimum absolute atomic E-state index is 0.0601. The molecule has 90 valence electrons. The first-order valence-electron chi connectivity index (χ1n) is 5.31. The van der Waals surface area contributed by atoms with Gasteiger partial charge in [-0.25, -0.2) is 4.79 Å². The summed E-state index contributed by atoms with van der Waals surface area (Å²) in [6.45, 7) is 7.61. The van der Waals surface area contributed by atoms with Crippen molar-refractivity contribution in [1.82, 2.24) is 0 Å². The Morgan fingerprint density at radius 3 is 2.44 bits per heavy atom. The van der Waals surface area contributed by atoms with E-state index in [0.717, 1.165) is 0 Å². The molecule has 0 aromatic carbocycles. The van der Waals surface area contributed by atoms with E-state index in [9.17, 15) is 9.59 Å². The van der Waals surface area contributed by atoms with E-state index in [1.807, 2.05) is 27.7 Å². The summed E-state index contributed by atoms with van der Waals surface area (Å²) in [6.07, 6.45) is 0. The molecule has 16 heavy (non-hydrogen) atoms. The van der Waals surface area contributed by atoms with Crippen molar-refractivity contribution in [3.63, 3.8) is 0 Å². The standard InChI is InChI=1S/C12H18O4/c1-7(2)12(3,4)10(13)9-8(15-5)6-16-11(9)14/h7H,6H2,1-5H3. The number of carbonyl (C=O) groups excluding carboxylic acids is 2. The summed E-state index contributed by atoms with van der Waals surface area (Å²) < 4.78 is 9.81. The second kappa shape index (κ2) is 4.28. The maximum Gasteiger partial charge on any atom is 0.345 e. The molecule has 0 fully saturated rings. The summed E-state index contributed by atoms with van der Waals surface area (Å²) in [5.74, 6) is -0.305. The van der Waals surface area contributed by atoms with Crippen LogP contribution in [0, 0.1) is 11.3 Å². The summed E-state index contributed by atoms with van der Waals surface area (Å²) in [7, 11) is 1.44. The van der Waals surface area contributed by atoms with Crippen molar-refractivity contribution in [2.24, 2.45) is 11.3 Å². The lowest BCUT2D eigenvalue weighted by Gasteiger charge is -2.27. The van der Waals surface area contributed by atoms with E-state index in [2.05, 4.69) is 0 Å². The molecule has 0 saturated heterocycles. The number of carbonyl (C=O) groups is 2. The van der Waals surface area contributed by atoms with E-state index < -0.39 is 11.4 Å². The number of ether oxygens (including phenoxy) is 2. The highest BCUT2D eigenvalue weighted by atomic mass is 16.6. The first kappa shape index (κ1) is 12.7. The summed E-state index contributed by atoms with van der Waals surface area (Å²) >= 11 is 0. The lowest BCUT2D eigenvalue weighted by Crippen LogP contribution is -2.33. The van der Waals surface area contributed by atoms with Gasteiger partial charge in [-0.05, 0) is 5.92 Å². The number of methoxy groups -OCH3 is 1. The average molecular weight is 226 g/mol. The molecule has 0 spiro atoms. The minimum atomic E-state index is -0.595. The third kappa shape index (κ3) is 1.96. The van der Waals surface area contributed by atoms with Crippen molar-refractivity contribution in [2.75, 3.05) is 13.7 Å². The van der Waals surface area contributed by atoms with Crippen LogP contribution in [0.15, 0.2) is 11.3 Å². The molecular formula is C12H18O4. The normalized spacial score (nSPS) is 16.8. The van der Waals surface area contributed by atoms with Gasteiger partial charge in [0.25, 0.3) is 0 Å². The largest absolute Gasteiger partial charge is 0.496 e. The van der Waals surface area contributed by atoms with Crippen molar-refractivity contribution in [3.8, 4) is 0 Å². The highest BCUT2D eigenvalue weighted by Crippen LogP contribution is 2.33. The van der Waals surface area contributed by atoms with Crippen molar-refractivity contribution in [3.05, 3.63) is 11.3 Å². The number of hydrogen-bond acceptors (Lipinski definition) is 4. The van der Waals surface area contributed by atoms with Crippen LogP contribution in [0.4, 0.5) is 0 Å². The summed E-state index contributed by atoms with van der Waals surface area (Å²) in [4.78, 5) is 23.7. The van der Waals surface area contributed by atoms with Crippen LogP contribution in [0.25, 0.3) is 0 Å². The smallest absolute Gasteiger partial charge is 0.345 e. The fourth-order valence-corrected chi connectivity index (χ4v) is 1.35. The molecule has 4 nitrogen and oxygen atoms in total. The van der Waals surface area contributed by atoms with Crippen LogP contribution in [0.1, 0.15) is 27.7 Å². The Morgan fingerprint density at radius 1 is 1.44 bits per heavy atom. The molecule has 1 heterocycles. The van der Waals surface area contributed by atoms with Gasteiger partial charge in [-0.2, -0.15) is 0 Å². The van der Waals surface area contributed by atoms with Gasteiger partial charge in [0.1, 0.15) is 12.2 Å². The third-order valence-electron chi connectivity index (χ3n) is 3.32.